The number of rotatable bonds is 7. The van der Waals surface area contributed by atoms with Gasteiger partial charge in [-0.2, -0.15) is 0 Å². The van der Waals surface area contributed by atoms with Gasteiger partial charge in [0.2, 0.25) is 0 Å². The van der Waals surface area contributed by atoms with Crippen molar-refractivity contribution >= 4 is 0 Å². The summed E-state index contributed by atoms with van der Waals surface area (Å²) in [6.07, 6.45) is 0.365. The lowest BCUT2D eigenvalue weighted by Crippen LogP contribution is -2.36. The minimum Gasteiger partial charge on any atom is -0.488 e. The molecule has 0 aromatic heterocycles. The van der Waals surface area contributed by atoms with Crippen LogP contribution in [0.15, 0.2) is 24.3 Å². The lowest BCUT2D eigenvalue weighted by Gasteiger charge is -2.16. The third-order valence-electron chi connectivity index (χ3n) is 2.58. The minimum absolute atomic E-state index is 0.0877. The van der Waals surface area contributed by atoms with Gasteiger partial charge in [0.05, 0.1) is 0 Å². The Hall–Kier alpha value is -1.13. The van der Waals surface area contributed by atoms with Crippen molar-refractivity contribution in [2.75, 3.05) is 13.2 Å². The molecule has 1 aromatic carbocycles. The Morgan fingerprint density at radius 3 is 2.76 bits per heavy atom. The fourth-order valence-electron chi connectivity index (χ4n) is 1.29. The van der Waals surface area contributed by atoms with Crippen LogP contribution in [-0.2, 0) is 0 Å². The molecular formula is C13H20FNO2. The summed E-state index contributed by atoms with van der Waals surface area (Å²) in [5, 5.41) is 12.8. The number of hydrogen-bond donors (Lipinski definition) is 2. The Bertz CT molecular complexity index is 333. The van der Waals surface area contributed by atoms with E-state index in [0.29, 0.717) is 12.6 Å². The van der Waals surface area contributed by atoms with Gasteiger partial charge < -0.3 is 15.2 Å². The molecule has 0 aliphatic rings. The lowest BCUT2D eigenvalue weighted by molar-refractivity contribution is 0.102. The molecule has 0 aliphatic carbocycles. The highest BCUT2D eigenvalue weighted by molar-refractivity contribution is 5.23. The van der Waals surface area contributed by atoms with Crippen LogP contribution in [0.4, 0.5) is 4.39 Å². The van der Waals surface area contributed by atoms with E-state index in [1.54, 1.807) is 18.2 Å². The molecule has 1 aromatic rings. The topological polar surface area (TPSA) is 41.5 Å². The van der Waals surface area contributed by atoms with E-state index in [0.717, 1.165) is 6.42 Å². The monoisotopic (exact) mass is 241 g/mol. The molecule has 0 bridgehead atoms. The molecule has 17 heavy (non-hydrogen) atoms. The molecule has 0 heterocycles. The van der Waals surface area contributed by atoms with Crippen LogP contribution in [0.25, 0.3) is 0 Å². The highest BCUT2D eigenvalue weighted by atomic mass is 19.1. The van der Waals surface area contributed by atoms with Gasteiger partial charge in [0.15, 0.2) is 11.6 Å². The van der Waals surface area contributed by atoms with Gasteiger partial charge in [0.1, 0.15) is 12.7 Å². The molecule has 96 valence electrons. The van der Waals surface area contributed by atoms with Crippen molar-refractivity contribution in [1.29, 1.82) is 0 Å². The van der Waals surface area contributed by atoms with Crippen LogP contribution in [0.2, 0.25) is 0 Å². The first-order valence-corrected chi connectivity index (χ1v) is 5.92. The van der Waals surface area contributed by atoms with Crippen molar-refractivity contribution in [3.05, 3.63) is 30.1 Å². The van der Waals surface area contributed by atoms with E-state index in [2.05, 4.69) is 12.2 Å². The van der Waals surface area contributed by atoms with Gasteiger partial charge >= 0.3 is 0 Å². The van der Waals surface area contributed by atoms with Gasteiger partial charge in [-0.1, -0.05) is 19.1 Å². The largest absolute Gasteiger partial charge is 0.488 e. The van der Waals surface area contributed by atoms with Crippen molar-refractivity contribution in [2.24, 2.45) is 0 Å². The van der Waals surface area contributed by atoms with Crippen LogP contribution in [0.1, 0.15) is 20.3 Å². The molecule has 0 amide bonds. The molecule has 0 spiro atoms. The predicted octanol–water partition coefficient (Wildman–Crippen LogP) is 1.95. The zero-order valence-corrected chi connectivity index (χ0v) is 10.3. The van der Waals surface area contributed by atoms with Gasteiger partial charge in [0, 0.05) is 12.6 Å². The molecule has 0 unspecified atom stereocenters. The van der Waals surface area contributed by atoms with E-state index < -0.39 is 11.9 Å². The maximum Gasteiger partial charge on any atom is 0.165 e. The number of hydrogen-bond acceptors (Lipinski definition) is 3. The Balaban J connectivity index is 2.28. The van der Waals surface area contributed by atoms with Gasteiger partial charge in [0.25, 0.3) is 0 Å². The van der Waals surface area contributed by atoms with Crippen molar-refractivity contribution in [1.82, 2.24) is 5.32 Å². The van der Waals surface area contributed by atoms with E-state index in [1.807, 2.05) is 6.92 Å². The average molecular weight is 241 g/mol. The van der Waals surface area contributed by atoms with Crippen molar-refractivity contribution in [3.63, 3.8) is 0 Å². The van der Waals surface area contributed by atoms with Crippen LogP contribution < -0.4 is 10.1 Å². The maximum absolute atomic E-state index is 13.2. The van der Waals surface area contributed by atoms with Crippen LogP contribution in [0, 0.1) is 5.82 Å². The summed E-state index contributed by atoms with van der Waals surface area (Å²) < 4.78 is 18.4. The molecular weight excluding hydrogens is 221 g/mol. The second-order valence-electron chi connectivity index (χ2n) is 4.11. The predicted molar refractivity (Wildman–Crippen MR) is 65.7 cm³/mol. The smallest absolute Gasteiger partial charge is 0.165 e. The van der Waals surface area contributed by atoms with Crippen molar-refractivity contribution in [2.45, 2.75) is 32.4 Å². The third kappa shape index (κ3) is 5.15. The Labute approximate surface area is 102 Å². The third-order valence-corrected chi connectivity index (χ3v) is 2.58. The second-order valence-corrected chi connectivity index (χ2v) is 4.11. The minimum atomic E-state index is -0.636. The van der Waals surface area contributed by atoms with Crippen molar-refractivity contribution in [3.8, 4) is 5.75 Å². The first-order valence-electron chi connectivity index (χ1n) is 5.92. The zero-order chi connectivity index (χ0) is 12.7. The number of aliphatic hydroxyl groups excluding tert-OH is 1. The number of halogens is 1. The van der Waals surface area contributed by atoms with E-state index in [-0.39, 0.29) is 12.4 Å². The van der Waals surface area contributed by atoms with Crippen LogP contribution in [0.5, 0.6) is 5.75 Å². The van der Waals surface area contributed by atoms with Crippen LogP contribution in [0.3, 0.4) is 0 Å². The quantitative estimate of drug-likeness (QED) is 0.766. The average Bonchev–Trinajstić information content (AvgIpc) is 2.35. The number of para-hydroxylation sites is 1. The van der Waals surface area contributed by atoms with E-state index in [1.165, 1.54) is 6.07 Å². The molecule has 0 radical (unpaired) electrons. The van der Waals surface area contributed by atoms with Crippen LogP contribution in [-0.4, -0.2) is 30.4 Å². The molecule has 4 heteroatoms. The molecule has 3 nitrogen and oxygen atoms in total. The first-order chi connectivity index (χ1) is 8.13. The number of nitrogens with one attached hydrogen (secondary N) is 1. The van der Waals surface area contributed by atoms with Gasteiger partial charge in [-0.3, -0.25) is 0 Å². The summed E-state index contributed by atoms with van der Waals surface area (Å²) in [4.78, 5) is 0. The fraction of sp³-hybridized carbons (Fsp3) is 0.538. The van der Waals surface area contributed by atoms with E-state index in [4.69, 9.17) is 4.74 Å². The normalized spacial score (nSPS) is 14.4. The Kier molecular flexibility index (Phi) is 5.94. The first kappa shape index (κ1) is 13.9. The second kappa shape index (κ2) is 7.25. The highest BCUT2D eigenvalue weighted by Crippen LogP contribution is 2.15. The van der Waals surface area contributed by atoms with Gasteiger partial charge in [-0.25, -0.2) is 4.39 Å². The summed E-state index contributed by atoms with van der Waals surface area (Å²) >= 11 is 0. The molecule has 1 rings (SSSR count). The van der Waals surface area contributed by atoms with Gasteiger partial charge in [-0.05, 0) is 25.5 Å². The Morgan fingerprint density at radius 1 is 1.41 bits per heavy atom. The summed E-state index contributed by atoms with van der Waals surface area (Å²) in [6, 6.07) is 6.53. The maximum atomic E-state index is 13.2. The van der Waals surface area contributed by atoms with Gasteiger partial charge in [-0.15, -0.1) is 0 Å². The van der Waals surface area contributed by atoms with Crippen LogP contribution >= 0.6 is 0 Å². The number of aliphatic hydroxyl groups is 1. The number of ether oxygens (including phenoxy) is 1. The summed E-state index contributed by atoms with van der Waals surface area (Å²) in [5.74, 6) is -0.232. The molecule has 0 saturated carbocycles. The summed E-state index contributed by atoms with van der Waals surface area (Å²) in [6.45, 7) is 4.65. The summed E-state index contributed by atoms with van der Waals surface area (Å²) in [5.41, 5.74) is 0. The zero-order valence-electron chi connectivity index (χ0n) is 10.3. The number of benzene rings is 1. The molecule has 0 fully saturated rings. The standard InChI is InChI=1S/C13H20FNO2/c1-3-10(2)15-8-11(16)9-17-13-7-5-4-6-12(13)14/h4-7,10-11,15-16H,3,8-9H2,1-2H3/t10-,11-/m1/s1. The lowest BCUT2D eigenvalue weighted by atomic mass is 10.2. The fourth-order valence-corrected chi connectivity index (χ4v) is 1.29. The SMILES string of the molecule is CC[C@@H](C)NC[C@@H](O)COc1ccccc1F. The highest BCUT2D eigenvalue weighted by Gasteiger charge is 2.08. The molecule has 0 aliphatic heterocycles. The summed E-state index contributed by atoms with van der Waals surface area (Å²) in [7, 11) is 0. The van der Waals surface area contributed by atoms with E-state index >= 15 is 0 Å². The Morgan fingerprint density at radius 2 is 2.12 bits per heavy atom. The molecule has 2 atom stereocenters. The van der Waals surface area contributed by atoms with E-state index in [9.17, 15) is 9.50 Å². The van der Waals surface area contributed by atoms with Crippen molar-refractivity contribution < 1.29 is 14.2 Å². The molecule has 2 N–H and O–H groups in total. The molecule has 0 saturated heterocycles.